The number of cyclic esters (lactones) is 1. The number of nitrogens with one attached hydrogen (secondary N) is 2. The Hall–Kier alpha value is -1.97. The fraction of sp³-hybridized carbons (Fsp3) is 0.250. The van der Waals surface area contributed by atoms with Gasteiger partial charge in [0.25, 0.3) is 0 Å². The van der Waals surface area contributed by atoms with Crippen molar-refractivity contribution in [1.29, 1.82) is 0 Å². The summed E-state index contributed by atoms with van der Waals surface area (Å²) in [6.07, 6.45) is 2.43. The molecule has 4 heteroatoms. The van der Waals surface area contributed by atoms with Crippen molar-refractivity contribution < 1.29 is 9.53 Å². The number of H-pyrrole nitrogens is 1. The first-order valence-electron chi connectivity index (χ1n) is 5.30. The molecule has 2 heterocycles. The van der Waals surface area contributed by atoms with E-state index in [1.165, 1.54) is 10.9 Å². The van der Waals surface area contributed by atoms with Gasteiger partial charge in [0.1, 0.15) is 6.61 Å². The third-order valence-corrected chi connectivity index (χ3v) is 2.84. The fourth-order valence-electron chi connectivity index (χ4n) is 2.05. The number of benzene rings is 1. The minimum Gasteiger partial charge on any atom is -0.447 e. The highest BCUT2D eigenvalue weighted by Gasteiger charge is 2.22. The molecule has 1 aliphatic rings. The van der Waals surface area contributed by atoms with E-state index in [9.17, 15) is 4.79 Å². The lowest BCUT2D eigenvalue weighted by atomic mass is 10.1. The molecule has 4 nitrogen and oxygen atoms in total. The molecular formula is C12H12N2O2. The molecule has 82 valence electrons. The molecule has 2 aromatic rings. The fourth-order valence-corrected chi connectivity index (χ4v) is 2.05. The van der Waals surface area contributed by atoms with Gasteiger partial charge in [-0.25, -0.2) is 4.79 Å². The number of carbonyl (C=O) groups is 1. The molecule has 1 amide bonds. The zero-order chi connectivity index (χ0) is 11.0. The minimum atomic E-state index is -0.312. The highest BCUT2D eigenvalue weighted by molar-refractivity contribution is 5.80. The van der Waals surface area contributed by atoms with Gasteiger partial charge in [0, 0.05) is 11.7 Å². The molecule has 0 aliphatic carbocycles. The first kappa shape index (κ1) is 9.27. The summed E-state index contributed by atoms with van der Waals surface area (Å²) in [6.45, 7) is 0.462. The highest BCUT2D eigenvalue weighted by atomic mass is 16.6. The molecule has 0 spiro atoms. The summed E-state index contributed by atoms with van der Waals surface area (Å²) in [5, 5.41) is 3.97. The molecule has 3 rings (SSSR count). The van der Waals surface area contributed by atoms with Crippen LogP contribution in [0.15, 0.2) is 30.5 Å². The third-order valence-electron chi connectivity index (χ3n) is 2.84. The van der Waals surface area contributed by atoms with Gasteiger partial charge in [-0.15, -0.1) is 0 Å². The van der Waals surface area contributed by atoms with Gasteiger partial charge in [0.05, 0.1) is 6.04 Å². The number of amides is 1. The van der Waals surface area contributed by atoms with Crippen LogP contribution in [-0.4, -0.2) is 23.7 Å². The van der Waals surface area contributed by atoms with Crippen molar-refractivity contribution in [2.24, 2.45) is 0 Å². The number of alkyl carbamates (subject to hydrolysis) is 1. The summed E-state index contributed by atoms with van der Waals surface area (Å²) in [6, 6.07) is 8.41. The van der Waals surface area contributed by atoms with Crippen LogP contribution in [0.5, 0.6) is 0 Å². The molecule has 1 fully saturated rings. The summed E-state index contributed by atoms with van der Waals surface area (Å²) in [5.74, 6) is 0. The van der Waals surface area contributed by atoms with Crippen molar-refractivity contribution >= 4 is 17.0 Å². The Morgan fingerprint density at radius 1 is 1.38 bits per heavy atom. The number of ether oxygens (including phenoxy) is 1. The van der Waals surface area contributed by atoms with Crippen LogP contribution >= 0.6 is 0 Å². The molecule has 1 saturated heterocycles. The zero-order valence-electron chi connectivity index (χ0n) is 8.69. The average Bonchev–Trinajstić information content (AvgIpc) is 2.87. The Morgan fingerprint density at radius 3 is 3.12 bits per heavy atom. The van der Waals surface area contributed by atoms with Gasteiger partial charge in [-0.05, 0) is 35.6 Å². The number of carbonyl (C=O) groups excluding carboxylic acids is 1. The number of fused-ring (bicyclic) bond motifs is 1. The van der Waals surface area contributed by atoms with Crippen LogP contribution in [0.3, 0.4) is 0 Å². The van der Waals surface area contributed by atoms with Crippen molar-refractivity contribution in [3.8, 4) is 0 Å². The van der Waals surface area contributed by atoms with Crippen LogP contribution in [0.4, 0.5) is 4.79 Å². The van der Waals surface area contributed by atoms with Crippen molar-refractivity contribution in [2.45, 2.75) is 12.5 Å². The summed E-state index contributed by atoms with van der Waals surface area (Å²) in [5.41, 5.74) is 2.35. The molecule has 1 aromatic carbocycles. The molecule has 2 N–H and O–H groups in total. The first-order chi connectivity index (χ1) is 7.81. The summed E-state index contributed by atoms with van der Waals surface area (Å²) in [4.78, 5) is 14.0. The zero-order valence-corrected chi connectivity index (χ0v) is 8.69. The number of hydrogen-bond acceptors (Lipinski definition) is 2. The summed E-state index contributed by atoms with van der Waals surface area (Å²) in [7, 11) is 0. The van der Waals surface area contributed by atoms with Gasteiger partial charge >= 0.3 is 6.09 Å². The first-order valence-corrected chi connectivity index (χ1v) is 5.30. The maximum atomic E-state index is 10.9. The monoisotopic (exact) mass is 216 g/mol. The Labute approximate surface area is 92.6 Å². The van der Waals surface area contributed by atoms with Crippen LogP contribution < -0.4 is 5.32 Å². The topological polar surface area (TPSA) is 54.1 Å². The van der Waals surface area contributed by atoms with E-state index in [-0.39, 0.29) is 12.1 Å². The second kappa shape index (κ2) is 3.56. The van der Waals surface area contributed by atoms with Crippen molar-refractivity contribution in [3.63, 3.8) is 0 Å². The lowest BCUT2D eigenvalue weighted by Crippen LogP contribution is -2.28. The van der Waals surface area contributed by atoms with E-state index in [1.807, 2.05) is 12.3 Å². The van der Waals surface area contributed by atoms with Crippen LogP contribution in [0, 0.1) is 0 Å². The lowest BCUT2D eigenvalue weighted by molar-refractivity contribution is 0.177. The molecule has 0 bridgehead atoms. The molecule has 1 atom stereocenters. The van der Waals surface area contributed by atoms with E-state index in [4.69, 9.17) is 4.74 Å². The van der Waals surface area contributed by atoms with E-state index >= 15 is 0 Å². The van der Waals surface area contributed by atoms with E-state index in [0.717, 1.165) is 11.9 Å². The van der Waals surface area contributed by atoms with Crippen molar-refractivity contribution in [1.82, 2.24) is 10.3 Å². The smallest absolute Gasteiger partial charge is 0.407 e. The molecular weight excluding hydrogens is 204 g/mol. The quantitative estimate of drug-likeness (QED) is 0.804. The van der Waals surface area contributed by atoms with Gasteiger partial charge in [-0.3, -0.25) is 0 Å². The second-order valence-corrected chi connectivity index (χ2v) is 4.04. The maximum Gasteiger partial charge on any atom is 0.407 e. The average molecular weight is 216 g/mol. The third kappa shape index (κ3) is 1.62. The van der Waals surface area contributed by atoms with E-state index < -0.39 is 0 Å². The lowest BCUT2D eigenvalue weighted by Gasteiger charge is -2.07. The number of rotatable bonds is 2. The molecule has 0 saturated carbocycles. The SMILES string of the molecule is O=C1N[C@H](Cc2ccc3[nH]ccc3c2)CO1. The normalized spacial score (nSPS) is 19.8. The number of aromatic amines is 1. The van der Waals surface area contributed by atoms with Crippen molar-refractivity contribution in [2.75, 3.05) is 6.61 Å². The van der Waals surface area contributed by atoms with Gasteiger partial charge in [0.15, 0.2) is 0 Å². The Morgan fingerprint density at radius 2 is 2.31 bits per heavy atom. The predicted molar refractivity (Wildman–Crippen MR) is 60.3 cm³/mol. The molecule has 0 unspecified atom stereocenters. The Kier molecular flexibility index (Phi) is 2.06. The van der Waals surface area contributed by atoms with Crippen LogP contribution in [0.2, 0.25) is 0 Å². The molecule has 0 radical (unpaired) electrons. The Bertz CT molecular complexity index is 533. The van der Waals surface area contributed by atoms with Gasteiger partial charge in [0.2, 0.25) is 0 Å². The molecule has 1 aromatic heterocycles. The van der Waals surface area contributed by atoms with Crippen LogP contribution in [0.25, 0.3) is 10.9 Å². The second-order valence-electron chi connectivity index (χ2n) is 4.04. The molecule has 1 aliphatic heterocycles. The van der Waals surface area contributed by atoms with E-state index in [2.05, 4.69) is 28.5 Å². The molecule has 16 heavy (non-hydrogen) atoms. The highest BCUT2D eigenvalue weighted by Crippen LogP contribution is 2.16. The van der Waals surface area contributed by atoms with Gasteiger partial charge in [-0.2, -0.15) is 0 Å². The predicted octanol–water partition coefficient (Wildman–Crippen LogP) is 1.82. The largest absolute Gasteiger partial charge is 0.447 e. The number of aromatic nitrogens is 1. The standard InChI is InChI=1S/C12H12N2O2/c15-12-14-10(7-16-12)6-8-1-2-11-9(5-8)3-4-13-11/h1-5,10,13H,6-7H2,(H,14,15)/t10-/m1/s1. The number of hydrogen-bond donors (Lipinski definition) is 2. The minimum absolute atomic E-state index is 0.101. The van der Waals surface area contributed by atoms with E-state index in [0.29, 0.717) is 6.61 Å². The maximum absolute atomic E-state index is 10.9. The summed E-state index contributed by atoms with van der Waals surface area (Å²) < 4.78 is 4.85. The van der Waals surface area contributed by atoms with Crippen LogP contribution in [0.1, 0.15) is 5.56 Å². The van der Waals surface area contributed by atoms with Gasteiger partial charge < -0.3 is 15.0 Å². The summed E-state index contributed by atoms with van der Waals surface area (Å²) >= 11 is 0. The Balaban J connectivity index is 1.81. The van der Waals surface area contributed by atoms with Crippen LogP contribution in [-0.2, 0) is 11.2 Å². The van der Waals surface area contributed by atoms with Gasteiger partial charge in [-0.1, -0.05) is 6.07 Å². The van der Waals surface area contributed by atoms with E-state index in [1.54, 1.807) is 0 Å². The van der Waals surface area contributed by atoms with Crippen molar-refractivity contribution in [3.05, 3.63) is 36.0 Å².